The molecule has 0 spiro atoms. The fourth-order valence-corrected chi connectivity index (χ4v) is 3.08. The lowest BCUT2D eigenvalue weighted by Gasteiger charge is -2.10. The number of hydrogen-bond donors (Lipinski definition) is 2. The van der Waals surface area contributed by atoms with Gasteiger partial charge in [0, 0.05) is 48.4 Å². The Kier molecular flexibility index (Phi) is 6.57. The Labute approximate surface area is 185 Å². The van der Waals surface area contributed by atoms with E-state index in [0.717, 1.165) is 0 Å². The van der Waals surface area contributed by atoms with Gasteiger partial charge in [-0.2, -0.15) is 0 Å². The van der Waals surface area contributed by atoms with Gasteiger partial charge in [-0.05, 0) is 42.5 Å². The average molecular weight is 426 g/mol. The van der Waals surface area contributed by atoms with E-state index in [0.29, 0.717) is 41.4 Å². The van der Waals surface area contributed by atoms with Crippen molar-refractivity contribution in [3.8, 4) is 11.5 Å². The Hall–Kier alpha value is -4.39. The van der Waals surface area contributed by atoms with E-state index in [1.54, 1.807) is 55.1 Å². The molecule has 160 valence electrons. The summed E-state index contributed by atoms with van der Waals surface area (Å²) in [7, 11) is 0. The van der Waals surface area contributed by atoms with Gasteiger partial charge in [0.25, 0.3) is 5.91 Å². The Morgan fingerprint density at radius 1 is 0.844 bits per heavy atom. The van der Waals surface area contributed by atoms with Crippen LogP contribution in [0, 0.1) is 0 Å². The molecule has 0 saturated heterocycles. The van der Waals surface area contributed by atoms with Crippen molar-refractivity contribution in [3.63, 3.8) is 0 Å². The maximum absolute atomic E-state index is 12.7. The van der Waals surface area contributed by atoms with Crippen LogP contribution in [0.5, 0.6) is 11.5 Å². The summed E-state index contributed by atoms with van der Waals surface area (Å²) in [6, 6.07) is 23.4. The molecular formula is C25H22N4O3. The number of ether oxygens (including phenoxy) is 1. The van der Waals surface area contributed by atoms with Crippen LogP contribution in [-0.2, 0) is 11.3 Å². The van der Waals surface area contributed by atoms with Crippen molar-refractivity contribution in [2.75, 3.05) is 10.6 Å². The largest absolute Gasteiger partial charge is 0.457 e. The molecule has 0 atom stereocenters. The van der Waals surface area contributed by atoms with Crippen molar-refractivity contribution < 1.29 is 14.3 Å². The summed E-state index contributed by atoms with van der Waals surface area (Å²) in [5.74, 6) is 0.916. The van der Waals surface area contributed by atoms with Crippen LogP contribution in [0.4, 0.5) is 11.4 Å². The molecular weight excluding hydrogens is 404 g/mol. The third-order valence-corrected chi connectivity index (χ3v) is 4.64. The third kappa shape index (κ3) is 5.82. The lowest BCUT2D eigenvalue weighted by atomic mass is 10.1. The van der Waals surface area contributed by atoms with E-state index in [2.05, 4.69) is 15.6 Å². The second-order valence-corrected chi connectivity index (χ2v) is 7.08. The Morgan fingerprint density at radius 3 is 2.38 bits per heavy atom. The van der Waals surface area contributed by atoms with Gasteiger partial charge in [0.05, 0.1) is 6.33 Å². The second kappa shape index (κ2) is 10.1. The fourth-order valence-electron chi connectivity index (χ4n) is 3.08. The van der Waals surface area contributed by atoms with Crippen LogP contribution in [0.2, 0.25) is 0 Å². The molecule has 1 heterocycles. The van der Waals surface area contributed by atoms with Crippen molar-refractivity contribution in [1.82, 2.24) is 9.55 Å². The number of nitrogens with one attached hydrogen (secondary N) is 2. The maximum atomic E-state index is 12.7. The van der Waals surface area contributed by atoms with E-state index in [-0.39, 0.29) is 11.8 Å². The summed E-state index contributed by atoms with van der Waals surface area (Å²) in [4.78, 5) is 28.9. The van der Waals surface area contributed by atoms with Crippen molar-refractivity contribution >= 4 is 23.2 Å². The standard InChI is InChI=1S/C25H22N4O3/c30-24(12-14-29-15-13-26-18-29)27-20-7-4-6-19(16-20)25(31)28-21-8-5-11-23(17-21)32-22-9-2-1-3-10-22/h1-11,13,15-18H,12,14H2,(H,27,30)(H,28,31). The predicted molar refractivity (Wildman–Crippen MR) is 123 cm³/mol. The minimum atomic E-state index is -0.281. The fraction of sp³-hybridized carbons (Fsp3) is 0.0800. The first-order valence-electron chi connectivity index (χ1n) is 10.2. The smallest absolute Gasteiger partial charge is 0.255 e. The van der Waals surface area contributed by atoms with Gasteiger partial charge in [-0.1, -0.05) is 30.3 Å². The van der Waals surface area contributed by atoms with Crippen LogP contribution in [0.25, 0.3) is 0 Å². The molecule has 4 rings (SSSR count). The molecule has 4 aromatic rings. The second-order valence-electron chi connectivity index (χ2n) is 7.08. The molecule has 0 unspecified atom stereocenters. The van der Waals surface area contributed by atoms with Crippen molar-refractivity contribution in [2.45, 2.75) is 13.0 Å². The first-order valence-corrected chi connectivity index (χ1v) is 10.2. The van der Waals surface area contributed by atoms with Crippen LogP contribution >= 0.6 is 0 Å². The number of anilines is 2. The first-order chi connectivity index (χ1) is 15.7. The van der Waals surface area contributed by atoms with Gasteiger partial charge in [-0.15, -0.1) is 0 Å². The van der Waals surface area contributed by atoms with Gasteiger partial charge >= 0.3 is 0 Å². The minimum absolute atomic E-state index is 0.137. The zero-order chi connectivity index (χ0) is 22.2. The van der Waals surface area contributed by atoms with Crippen LogP contribution < -0.4 is 15.4 Å². The normalized spacial score (nSPS) is 10.4. The average Bonchev–Trinajstić information content (AvgIpc) is 3.33. The molecule has 0 fully saturated rings. The number of aryl methyl sites for hydroxylation is 1. The highest BCUT2D eigenvalue weighted by molar-refractivity contribution is 6.05. The van der Waals surface area contributed by atoms with Gasteiger partial charge in [-0.25, -0.2) is 4.98 Å². The van der Waals surface area contributed by atoms with Gasteiger partial charge in [-0.3, -0.25) is 9.59 Å². The molecule has 2 N–H and O–H groups in total. The van der Waals surface area contributed by atoms with Crippen molar-refractivity contribution in [1.29, 1.82) is 0 Å². The predicted octanol–water partition coefficient (Wildman–Crippen LogP) is 4.96. The number of amides is 2. The Bertz CT molecular complexity index is 1190. The highest BCUT2D eigenvalue weighted by Crippen LogP contribution is 2.24. The number of carbonyl (C=O) groups is 2. The molecule has 7 heteroatoms. The molecule has 0 aliphatic carbocycles. The van der Waals surface area contributed by atoms with Gasteiger partial charge in [0.15, 0.2) is 0 Å². The van der Waals surface area contributed by atoms with E-state index < -0.39 is 0 Å². The summed E-state index contributed by atoms with van der Waals surface area (Å²) < 4.78 is 7.65. The van der Waals surface area contributed by atoms with Crippen molar-refractivity contribution in [2.24, 2.45) is 0 Å². The molecule has 32 heavy (non-hydrogen) atoms. The molecule has 2 amide bonds. The Balaban J connectivity index is 1.36. The summed E-state index contributed by atoms with van der Waals surface area (Å²) in [5.41, 5.74) is 1.61. The van der Waals surface area contributed by atoms with E-state index >= 15 is 0 Å². The van der Waals surface area contributed by atoms with Gasteiger partial charge in [0.2, 0.25) is 5.91 Å². The van der Waals surface area contributed by atoms with Crippen LogP contribution in [-0.4, -0.2) is 21.4 Å². The molecule has 0 radical (unpaired) electrons. The molecule has 0 bridgehead atoms. The highest BCUT2D eigenvalue weighted by Gasteiger charge is 2.09. The number of benzene rings is 3. The number of hydrogen-bond acceptors (Lipinski definition) is 4. The molecule has 1 aromatic heterocycles. The third-order valence-electron chi connectivity index (χ3n) is 4.64. The minimum Gasteiger partial charge on any atom is -0.457 e. The molecule has 3 aromatic carbocycles. The number of nitrogens with zero attached hydrogens (tertiary/aromatic N) is 2. The van der Waals surface area contributed by atoms with E-state index in [4.69, 9.17) is 4.74 Å². The molecule has 0 saturated carbocycles. The zero-order valence-corrected chi connectivity index (χ0v) is 17.3. The number of imidazole rings is 1. The SMILES string of the molecule is O=C(CCn1ccnc1)Nc1cccc(C(=O)Nc2cccc(Oc3ccccc3)c2)c1. The quantitative estimate of drug-likeness (QED) is 0.417. The van der Waals surface area contributed by atoms with E-state index in [1.165, 1.54) is 0 Å². The number of carbonyl (C=O) groups excluding carboxylic acids is 2. The summed E-state index contributed by atoms with van der Waals surface area (Å²) in [6.45, 7) is 0.535. The summed E-state index contributed by atoms with van der Waals surface area (Å²) >= 11 is 0. The number of aromatic nitrogens is 2. The molecule has 0 aliphatic rings. The summed E-state index contributed by atoms with van der Waals surface area (Å²) in [5, 5.41) is 5.69. The van der Waals surface area contributed by atoms with Crippen LogP contribution in [0.15, 0.2) is 97.6 Å². The Morgan fingerprint density at radius 2 is 1.59 bits per heavy atom. The molecule has 0 aliphatic heterocycles. The molecule has 7 nitrogen and oxygen atoms in total. The zero-order valence-electron chi connectivity index (χ0n) is 17.3. The topological polar surface area (TPSA) is 85.2 Å². The van der Waals surface area contributed by atoms with Crippen LogP contribution in [0.1, 0.15) is 16.8 Å². The van der Waals surface area contributed by atoms with Crippen LogP contribution in [0.3, 0.4) is 0 Å². The first kappa shape index (κ1) is 20.9. The number of para-hydroxylation sites is 1. The number of rotatable bonds is 8. The van der Waals surface area contributed by atoms with Crippen molar-refractivity contribution in [3.05, 3.63) is 103 Å². The monoisotopic (exact) mass is 426 g/mol. The summed E-state index contributed by atoms with van der Waals surface area (Å²) in [6.07, 6.45) is 5.45. The van der Waals surface area contributed by atoms with Gasteiger partial charge < -0.3 is 19.9 Å². The lowest BCUT2D eigenvalue weighted by molar-refractivity contribution is -0.116. The highest BCUT2D eigenvalue weighted by atomic mass is 16.5. The maximum Gasteiger partial charge on any atom is 0.255 e. The van der Waals surface area contributed by atoms with E-state index in [9.17, 15) is 9.59 Å². The van der Waals surface area contributed by atoms with E-state index in [1.807, 2.05) is 47.0 Å². The lowest BCUT2D eigenvalue weighted by Crippen LogP contribution is -2.15. The van der Waals surface area contributed by atoms with Gasteiger partial charge in [0.1, 0.15) is 11.5 Å².